The normalized spacial score (nSPS) is 25.2. The van der Waals surface area contributed by atoms with Gasteiger partial charge in [-0.1, -0.05) is 39.3 Å². The molecule has 17 heavy (non-hydrogen) atoms. The molecule has 2 atom stereocenters. The molecule has 0 bridgehead atoms. The molecule has 1 aromatic rings. The van der Waals surface area contributed by atoms with Gasteiger partial charge in [-0.05, 0) is 31.2 Å². The number of aromatic nitrogens is 2. The molecule has 0 saturated heterocycles. The first-order valence-electron chi connectivity index (χ1n) is 6.41. The number of rotatable bonds is 1. The van der Waals surface area contributed by atoms with E-state index in [1.807, 2.05) is 6.07 Å². The molecule has 0 spiro atoms. The van der Waals surface area contributed by atoms with Crippen molar-refractivity contribution in [2.24, 2.45) is 5.92 Å². The highest BCUT2D eigenvalue weighted by Gasteiger charge is 2.27. The second kappa shape index (κ2) is 4.56. The molecule has 1 aromatic heterocycles. The van der Waals surface area contributed by atoms with Gasteiger partial charge in [-0.3, -0.25) is 0 Å². The van der Waals surface area contributed by atoms with Crippen LogP contribution in [0.1, 0.15) is 64.4 Å². The van der Waals surface area contributed by atoms with Gasteiger partial charge in [0.1, 0.15) is 11.0 Å². The highest BCUT2D eigenvalue weighted by Crippen LogP contribution is 2.37. The van der Waals surface area contributed by atoms with E-state index in [0.717, 1.165) is 17.4 Å². The Morgan fingerprint density at radius 3 is 2.47 bits per heavy atom. The summed E-state index contributed by atoms with van der Waals surface area (Å²) < 4.78 is 0. The maximum atomic E-state index is 6.12. The topological polar surface area (TPSA) is 25.8 Å². The number of halogens is 1. The summed E-state index contributed by atoms with van der Waals surface area (Å²) >= 11 is 6.12. The van der Waals surface area contributed by atoms with E-state index in [4.69, 9.17) is 16.6 Å². The first-order chi connectivity index (χ1) is 7.86. The lowest BCUT2D eigenvalue weighted by atomic mass is 9.91. The van der Waals surface area contributed by atoms with E-state index >= 15 is 0 Å². The molecular formula is C14H21ClN2. The summed E-state index contributed by atoms with van der Waals surface area (Å²) in [6, 6.07) is 1.89. The van der Waals surface area contributed by atoms with Gasteiger partial charge in [-0.25, -0.2) is 9.97 Å². The van der Waals surface area contributed by atoms with Crippen LogP contribution in [-0.4, -0.2) is 9.97 Å². The largest absolute Gasteiger partial charge is 0.237 e. The van der Waals surface area contributed by atoms with Crippen LogP contribution < -0.4 is 0 Å². The monoisotopic (exact) mass is 252 g/mol. The predicted octanol–water partition coefficient (Wildman–Crippen LogP) is 4.33. The van der Waals surface area contributed by atoms with Crippen molar-refractivity contribution in [3.63, 3.8) is 0 Å². The minimum Gasteiger partial charge on any atom is -0.237 e. The molecule has 1 heterocycles. The van der Waals surface area contributed by atoms with Crippen LogP contribution in [0.4, 0.5) is 0 Å². The minimum absolute atomic E-state index is 0.0333. The van der Waals surface area contributed by atoms with Crippen molar-refractivity contribution in [3.8, 4) is 0 Å². The van der Waals surface area contributed by atoms with Crippen molar-refractivity contribution in [3.05, 3.63) is 22.7 Å². The standard InChI is InChI=1S/C14H21ClN2/c1-9-5-6-10(7-9)13-16-11(14(2,3)4)8-12(15)17-13/h8-10H,5-7H2,1-4H3. The third kappa shape index (κ3) is 2.98. The molecule has 0 radical (unpaired) electrons. The van der Waals surface area contributed by atoms with Crippen LogP contribution >= 0.6 is 11.6 Å². The van der Waals surface area contributed by atoms with Gasteiger partial charge < -0.3 is 0 Å². The van der Waals surface area contributed by atoms with Gasteiger partial charge in [-0.15, -0.1) is 0 Å². The van der Waals surface area contributed by atoms with Gasteiger partial charge in [0.2, 0.25) is 0 Å². The summed E-state index contributed by atoms with van der Waals surface area (Å²) in [5, 5.41) is 0.583. The van der Waals surface area contributed by atoms with Gasteiger partial charge in [0.05, 0.1) is 5.69 Å². The SMILES string of the molecule is CC1CCC(c2nc(Cl)cc(C(C)(C)C)n2)C1. The molecule has 1 saturated carbocycles. The molecule has 2 nitrogen and oxygen atoms in total. The average Bonchev–Trinajstić information content (AvgIpc) is 2.62. The Bertz CT molecular complexity index is 409. The fourth-order valence-corrected chi connectivity index (χ4v) is 2.63. The molecule has 0 aliphatic heterocycles. The third-order valence-corrected chi connectivity index (χ3v) is 3.73. The summed E-state index contributed by atoms with van der Waals surface area (Å²) in [4.78, 5) is 9.14. The molecule has 3 heteroatoms. The van der Waals surface area contributed by atoms with Gasteiger partial charge in [-0.2, -0.15) is 0 Å². The van der Waals surface area contributed by atoms with Crippen LogP contribution in [0, 0.1) is 5.92 Å². The zero-order chi connectivity index (χ0) is 12.6. The third-order valence-electron chi connectivity index (χ3n) is 3.54. The van der Waals surface area contributed by atoms with E-state index in [-0.39, 0.29) is 5.41 Å². The predicted molar refractivity (Wildman–Crippen MR) is 71.5 cm³/mol. The Kier molecular flexibility index (Phi) is 3.44. The Hall–Kier alpha value is -0.630. The van der Waals surface area contributed by atoms with Crippen LogP contribution in [0.25, 0.3) is 0 Å². The van der Waals surface area contributed by atoms with Crippen LogP contribution in [0.2, 0.25) is 5.15 Å². The first kappa shape index (κ1) is 12.8. The maximum absolute atomic E-state index is 6.12. The highest BCUT2D eigenvalue weighted by molar-refractivity contribution is 6.29. The number of hydrogen-bond donors (Lipinski definition) is 0. The lowest BCUT2D eigenvalue weighted by Gasteiger charge is -2.19. The average molecular weight is 253 g/mol. The first-order valence-corrected chi connectivity index (χ1v) is 6.79. The minimum atomic E-state index is 0.0333. The molecule has 0 N–H and O–H groups in total. The van der Waals surface area contributed by atoms with Crippen molar-refractivity contribution >= 4 is 11.6 Å². The Morgan fingerprint density at radius 1 is 1.24 bits per heavy atom. The molecule has 1 fully saturated rings. The summed E-state index contributed by atoms with van der Waals surface area (Å²) in [6.07, 6.45) is 3.68. The Morgan fingerprint density at radius 2 is 1.94 bits per heavy atom. The van der Waals surface area contributed by atoms with E-state index in [0.29, 0.717) is 11.1 Å². The maximum Gasteiger partial charge on any atom is 0.133 e. The molecule has 2 rings (SSSR count). The number of nitrogens with zero attached hydrogens (tertiary/aromatic N) is 2. The van der Waals surface area contributed by atoms with Crippen LogP contribution in [0.3, 0.4) is 0 Å². The van der Waals surface area contributed by atoms with Crippen molar-refractivity contribution in [2.75, 3.05) is 0 Å². The van der Waals surface area contributed by atoms with Crippen molar-refractivity contribution < 1.29 is 0 Å². The van der Waals surface area contributed by atoms with Crippen molar-refractivity contribution in [1.82, 2.24) is 9.97 Å². The summed E-state index contributed by atoms with van der Waals surface area (Å²) in [6.45, 7) is 8.78. The highest BCUT2D eigenvalue weighted by atomic mass is 35.5. The molecule has 1 aliphatic carbocycles. The smallest absolute Gasteiger partial charge is 0.133 e. The fourth-order valence-electron chi connectivity index (χ4n) is 2.44. The van der Waals surface area contributed by atoms with Crippen molar-refractivity contribution in [1.29, 1.82) is 0 Å². The summed E-state index contributed by atoms with van der Waals surface area (Å²) in [7, 11) is 0. The summed E-state index contributed by atoms with van der Waals surface area (Å²) in [5.74, 6) is 2.25. The molecule has 1 aliphatic rings. The Labute approximate surface area is 109 Å². The molecule has 2 unspecified atom stereocenters. The zero-order valence-electron chi connectivity index (χ0n) is 11.1. The quantitative estimate of drug-likeness (QED) is 0.696. The second-order valence-electron chi connectivity index (χ2n) is 6.30. The van der Waals surface area contributed by atoms with E-state index in [1.54, 1.807) is 0 Å². The lowest BCUT2D eigenvalue weighted by molar-refractivity contribution is 0.545. The van der Waals surface area contributed by atoms with Gasteiger partial charge in [0, 0.05) is 11.3 Å². The van der Waals surface area contributed by atoms with Gasteiger partial charge in [0.15, 0.2) is 0 Å². The lowest BCUT2D eigenvalue weighted by Crippen LogP contribution is -2.16. The number of hydrogen-bond acceptors (Lipinski definition) is 2. The van der Waals surface area contributed by atoms with Gasteiger partial charge >= 0.3 is 0 Å². The zero-order valence-corrected chi connectivity index (χ0v) is 11.9. The van der Waals surface area contributed by atoms with E-state index in [2.05, 4.69) is 32.7 Å². The van der Waals surface area contributed by atoms with E-state index in [9.17, 15) is 0 Å². The summed E-state index contributed by atoms with van der Waals surface area (Å²) in [5.41, 5.74) is 1.08. The van der Waals surface area contributed by atoms with Crippen LogP contribution in [-0.2, 0) is 5.41 Å². The van der Waals surface area contributed by atoms with Crippen LogP contribution in [0.5, 0.6) is 0 Å². The van der Waals surface area contributed by atoms with E-state index < -0.39 is 0 Å². The molecule has 0 aromatic carbocycles. The van der Waals surface area contributed by atoms with E-state index in [1.165, 1.54) is 19.3 Å². The fraction of sp³-hybridized carbons (Fsp3) is 0.714. The van der Waals surface area contributed by atoms with Crippen LogP contribution in [0.15, 0.2) is 6.07 Å². The molecule has 0 amide bonds. The molecule has 94 valence electrons. The Balaban J connectivity index is 2.32. The second-order valence-corrected chi connectivity index (χ2v) is 6.69. The molecular weight excluding hydrogens is 232 g/mol. The van der Waals surface area contributed by atoms with Gasteiger partial charge in [0.25, 0.3) is 0 Å². The van der Waals surface area contributed by atoms with Crippen molar-refractivity contribution in [2.45, 2.75) is 58.3 Å².